The monoisotopic (exact) mass is 206 g/mol. The van der Waals surface area contributed by atoms with Crippen LogP contribution < -0.4 is 15.8 Å². The summed E-state index contributed by atoms with van der Waals surface area (Å²) in [6, 6.07) is 5.68. The number of methoxy groups -OCH3 is 1. The van der Waals surface area contributed by atoms with Crippen molar-refractivity contribution in [2.45, 2.75) is 12.3 Å². The van der Waals surface area contributed by atoms with Crippen molar-refractivity contribution < 1.29 is 9.53 Å². The fourth-order valence-corrected chi connectivity index (χ4v) is 1.87. The van der Waals surface area contributed by atoms with Gasteiger partial charge in [-0.1, -0.05) is 6.07 Å². The second kappa shape index (κ2) is 3.90. The van der Waals surface area contributed by atoms with Gasteiger partial charge < -0.3 is 15.8 Å². The second-order valence-corrected chi connectivity index (χ2v) is 3.64. The van der Waals surface area contributed by atoms with E-state index in [0.717, 1.165) is 17.0 Å². The van der Waals surface area contributed by atoms with E-state index in [1.165, 1.54) is 0 Å². The van der Waals surface area contributed by atoms with Crippen LogP contribution in [0.4, 0.5) is 5.69 Å². The Morgan fingerprint density at radius 3 is 3.07 bits per heavy atom. The van der Waals surface area contributed by atoms with Crippen molar-refractivity contribution in [1.29, 1.82) is 0 Å². The van der Waals surface area contributed by atoms with Gasteiger partial charge >= 0.3 is 0 Å². The van der Waals surface area contributed by atoms with Crippen LogP contribution in [0.2, 0.25) is 0 Å². The van der Waals surface area contributed by atoms with Crippen molar-refractivity contribution in [2.24, 2.45) is 5.73 Å². The van der Waals surface area contributed by atoms with Crippen LogP contribution in [-0.2, 0) is 4.79 Å². The number of anilines is 1. The van der Waals surface area contributed by atoms with Crippen molar-refractivity contribution >= 4 is 11.6 Å². The largest absolute Gasteiger partial charge is 0.497 e. The average molecular weight is 206 g/mol. The number of nitrogens with two attached hydrogens (primary N) is 1. The van der Waals surface area contributed by atoms with E-state index in [4.69, 9.17) is 10.5 Å². The Hall–Kier alpha value is -1.55. The number of benzene rings is 1. The Labute approximate surface area is 88.4 Å². The maximum atomic E-state index is 11.4. The average Bonchev–Trinajstić information content (AvgIpc) is 2.26. The van der Waals surface area contributed by atoms with Gasteiger partial charge in [-0.05, 0) is 18.2 Å². The molecule has 1 aliphatic rings. The molecular formula is C11H14N2O2. The number of carbonyl (C=O) groups excluding carboxylic acids is 1. The molecule has 80 valence electrons. The molecule has 4 nitrogen and oxygen atoms in total. The minimum absolute atomic E-state index is 0.0196. The number of carbonyl (C=O) groups is 1. The first kappa shape index (κ1) is 9.98. The molecule has 0 saturated heterocycles. The first-order valence-corrected chi connectivity index (χ1v) is 4.92. The van der Waals surface area contributed by atoms with E-state index >= 15 is 0 Å². The molecule has 1 atom stereocenters. The third kappa shape index (κ3) is 1.80. The molecule has 1 aromatic carbocycles. The van der Waals surface area contributed by atoms with E-state index in [9.17, 15) is 4.79 Å². The summed E-state index contributed by atoms with van der Waals surface area (Å²) >= 11 is 0. The lowest BCUT2D eigenvalue weighted by molar-refractivity contribution is -0.116. The van der Waals surface area contributed by atoms with Crippen molar-refractivity contribution in [2.75, 3.05) is 19.0 Å². The minimum atomic E-state index is 0.0196. The van der Waals surface area contributed by atoms with Crippen molar-refractivity contribution in [1.82, 2.24) is 0 Å². The smallest absolute Gasteiger partial charge is 0.225 e. The predicted molar refractivity (Wildman–Crippen MR) is 58.0 cm³/mol. The maximum Gasteiger partial charge on any atom is 0.225 e. The molecule has 15 heavy (non-hydrogen) atoms. The summed E-state index contributed by atoms with van der Waals surface area (Å²) in [5.41, 5.74) is 7.56. The molecule has 1 amide bonds. The summed E-state index contributed by atoms with van der Waals surface area (Å²) in [4.78, 5) is 11.4. The van der Waals surface area contributed by atoms with Crippen molar-refractivity contribution in [3.8, 4) is 5.75 Å². The lowest BCUT2D eigenvalue weighted by Crippen LogP contribution is -2.27. The van der Waals surface area contributed by atoms with E-state index in [-0.39, 0.29) is 11.8 Å². The zero-order chi connectivity index (χ0) is 10.8. The quantitative estimate of drug-likeness (QED) is 0.761. The molecule has 0 bridgehead atoms. The second-order valence-electron chi connectivity index (χ2n) is 3.64. The molecule has 1 aromatic rings. The highest BCUT2D eigenvalue weighted by molar-refractivity contribution is 5.95. The van der Waals surface area contributed by atoms with Gasteiger partial charge in [-0.15, -0.1) is 0 Å². The molecule has 0 aromatic heterocycles. The Bertz CT molecular complexity index is 390. The fourth-order valence-electron chi connectivity index (χ4n) is 1.87. The molecule has 0 saturated carbocycles. The van der Waals surface area contributed by atoms with Crippen LogP contribution in [-0.4, -0.2) is 19.6 Å². The highest BCUT2D eigenvalue weighted by Crippen LogP contribution is 2.33. The predicted octanol–water partition coefficient (Wildman–Crippen LogP) is 1.08. The first-order chi connectivity index (χ1) is 7.24. The fraction of sp³-hybridized carbons (Fsp3) is 0.364. The summed E-state index contributed by atoms with van der Waals surface area (Å²) in [5, 5.41) is 2.82. The lowest BCUT2D eigenvalue weighted by atomic mass is 9.90. The highest BCUT2D eigenvalue weighted by Gasteiger charge is 2.24. The molecule has 0 spiro atoms. The summed E-state index contributed by atoms with van der Waals surface area (Å²) in [6.45, 7) is 0.493. The van der Waals surface area contributed by atoms with Gasteiger partial charge in [0.2, 0.25) is 5.91 Å². The van der Waals surface area contributed by atoms with Gasteiger partial charge in [0.1, 0.15) is 5.75 Å². The SMILES string of the molecule is COc1ccc2c(c1)NC(=O)CC2CN. The first-order valence-electron chi connectivity index (χ1n) is 4.92. The number of hydrogen-bond donors (Lipinski definition) is 2. The van der Waals surface area contributed by atoms with E-state index in [1.54, 1.807) is 7.11 Å². The van der Waals surface area contributed by atoms with Crippen LogP contribution in [0.1, 0.15) is 17.9 Å². The molecule has 0 aliphatic carbocycles. The Balaban J connectivity index is 2.41. The zero-order valence-corrected chi connectivity index (χ0v) is 8.62. The molecule has 1 heterocycles. The molecule has 0 fully saturated rings. The normalized spacial score (nSPS) is 19.3. The number of ether oxygens (including phenoxy) is 1. The number of rotatable bonds is 2. The van der Waals surface area contributed by atoms with Crippen molar-refractivity contribution in [3.05, 3.63) is 23.8 Å². The van der Waals surface area contributed by atoms with E-state index in [2.05, 4.69) is 5.32 Å². The van der Waals surface area contributed by atoms with E-state index < -0.39 is 0 Å². The van der Waals surface area contributed by atoms with Crippen LogP contribution in [0.15, 0.2) is 18.2 Å². The van der Waals surface area contributed by atoms with Gasteiger partial charge in [0.05, 0.1) is 7.11 Å². The van der Waals surface area contributed by atoms with Crippen LogP contribution >= 0.6 is 0 Å². The number of hydrogen-bond acceptors (Lipinski definition) is 3. The van der Waals surface area contributed by atoms with Gasteiger partial charge in [-0.3, -0.25) is 4.79 Å². The number of nitrogens with one attached hydrogen (secondary N) is 1. The van der Waals surface area contributed by atoms with Gasteiger partial charge in [-0.2, -0.15) is 0 Å². The zero-order valence-electron chi connectivity index (χ0n) is 8.62. The van der Waals surface area contributed by atoms with Gasteiger partial charge in [0.25, 0.3) is 0 Å². The Morgan fingerprint density at radius 1 is 1.60 bits per heavy atom. The summed E-state index contributed by atoms with van der Waals surface area (Å²) < 4.78 is 5.10. The van der Waals surface area contributed by atoms with Crippen molar-refractivity contribution in [3.63, 3.8) is 0 Å². The van der Waals surface area contributed by atoms with Gasteiger partial charge in [0, 0.05) is 24.1 Å². The summed E-state index contributed by atoms with van der Waals surface area (Å²) in [7, 11) is 1.60. The molecule has 4 heteroatoms. The van der Waals surface area contributed by atoms with Crippen LogP contribution in [0.3, 0.4) is 0 Å². The minimum Gasteiger partial charge on any atom is -0.497 e. The van der Waals surface area contributed by atoms with E-state index in [0.29, 0.717) is 13.0 Å². The molecule has 3 N–H and O–H groups in total. The highest BCUT2D eigenvalue weighted by atomic mass is 16.5. The Kier molecular flexibility index (Phi) is 2.60. The maximum absolute atomic E-state index is 11.4. The van der Waals surface area contributed by atoms with Crippen LogP contribution in [0, 0.1) is 0 Å². The lowest BCUT2D eigenvalue weighted by Gasteiger charge is -2.24. The number of fused-ring (bicyclic) bond motifs is 1. The molecule has 1 aliphatic heterocycles. The molecule has 1 unspecified atom stereocenters. The Morgan fingerprint density at radius 2 is 2.40 bits per heavy atom. The van der Waals surface area contributed by atoms with Crippen LogP contribution in [0.5, 0.6) is 5.75 Å². The third-order valence-electron chi connectivity index (χ3n) is 2.69. The standard InChI is InChI=1S/C11H14N2O2/c1-15-8-2-3-9-7(6-12)4-11(14)13-10(9)5-8/h2-3,5,7H,4,6,12H2,1H3,(H,13,14). The van der Waals surface area contributed by atoms with Gasteiger partial charge in [0.15, 0.2) is 0 Å². The third-order valence-corrected chi connectivity index (χ3v) is 2.69. The van der Waals surface area contributed by atoms with Crippen LogP contribution in [0.25, 0.3) is 0 Å². The molecule has 0 radical (unpaired) electrons. The number of amides is 1. The topological polar surface area (TPSA) is 64.3 Å². The van der Waals surface area contributed by atoms with E-state index in [1.807, 2.05) is 18.2 Å². The molecular weight excluding hydrogens is 192 g/mol. The summed E-state index contributed by atoms with van der Waals surface area (Å²) in [5.74, 6) is 0.887. The van der Waals surface area contributed by atoms with Gasteiger partial charge in [-0.25, -0.2) is 0 Å². The summed E-state index contributed by atoms with van der Waals surface area (Å²) in [6.07, 6.45) is 0.468. The molecule has 2 rings (SSSR count).